The molecule has 0 N–H and O–H groups in total. The number of furan rings is 2. The minimum absolute atomic E-state index is 0.797. The van der Waals surface area contributed by atoms with E-state index in [0.717, 1.165) is 88.5 Å². The molecular formula is C54H32N2O2. The largest absolute Gasteiger partial charge is 0.456 e. The molecule has 9 aromatic carbocycles. The predicted molar refractivity (Wildman–Crippen MR) is 241 cm³/mol. The Labute approximate surface area is 332 Å². The van der Waals surface area contributed by atoms with E-state index < -0.39 is 0 Å². The van der Waals surface area contributed by atoms with Crippen LogP contribution in [0.4, 0.5) is 0 Å². The van der Waals surface area contributed by atoms with E-state index in [2.05, 4.69) is 203 Å². The van der Waals surface area contributed by atoms with Crippen LogP contribution in [0.5, 0.6) is 0 Å². The second-order valence-corrected chi connectivity index (χ2v) is 15.2. The molecule has 13 aromatic rings. The molecule has 0 amide bonds. The third kappa shape index (κ3) is 4.34. The van der Waals surface area contributed by atoms with Crippen molar-refractivity contribution < 1.29 is 8.83 Å². The first kappa shape index (κ1) is 31.4. The van der Waals surface area contributed by atoms with Crippen LogP contribution in [0.1, 0.15) is 0 Å². The molecule has 0 saturated heterocycles. The zero-order valence-corrected chi connectivity index (χ0v) is 31.2. The molecule has 4 heteroatoms. The van der Waals surface area contributed by atoms with Crippen LogP contribution in [0.3, 0.4) is 0 Å². The van der Waals surface area contributed by atoms with Gasteiger partial charge in [-0.05, 0) is 71.8 Å². The minimum atomic E-state index is 0.797. The quantitative estimate of drug-likeness (QED) is 0.180. The lowest BCUT2D eigenvalue weighted by atomic mass is 9.99. The van der Waals surface area contributed by atoms with Crippen LogP contribution in [0.15, 0.2) is 203 Å². The Bertz CT molecular complexity index is 3680. The fourth-order valence-corrected chi connectivity index (χ4v) is 9.59. The van der Waals surface area contributed by atoms with Gasteiger partial charge in [0.15, 0.2) is 0 Å². The van der Waals surface area contributed by atoms with E-state index in [1.165, 1.54) is 32.6 Å². The van der Waals surface area contributed by atoms with Gasteiger partial charge in [-0.1, -0.05) is 133 Å². The molecule has 58 heavy (non-hydrogen) atoms. The minimum Gasteiger partial charge on any atom is -0.456 e. The Morgan fingerprint density at radius 1 is 0.293 bits per heavy atom. The van der Waals surface area contributed by atoms with Crippen molar-refractivity contribution in [3.8, 4) is 33.6 Å². The molecule has 0 aliphatic rings. The predicted octanol–water partition coefficient (Wildman–Crippen LogP) is 15.0. The SMILES string of the molecule is c1ccc(-c2cc3oc4c(ccc5oc6cc(-c7ccccc7)c(-n7c8ccccc8c8ccccc87)cc6c54)c3cc2-n2c3ccccc3c3ccccc32)cc1. The third-order valence-electron chi connectivity index (χ3n) is 12.1. The number of aromatic nitrogens is 2. The van der Waals surface area contributed by atoms with Gasteiger partial charge in [0, 0.05) is 48.8 Å². The lowest BCUT2D eigenvalue weighted by molar-refractivity contribution is 0.663. The summed E-state index contributed by atoms with van der Waals surface area (Å²) in [5.41, 5.74) is 14.6. The van der Waals surface area contributed by atoms with Crippen LogP contribution in [-0.4, -0.2) is 9.13 Å². The number of hydrogen-bond donors (Lipinski definition) is 0. The summed E-state index contributed by atoms with van der Waals surface area (Å²) >= 11 is 0. The van der Waals surface area contributed by atoms with Crippen LogP contribution in [0.25, 0.3) is 121 Å². The van der Waals surface area contributed by atoms with Crippen LogP contribution in [-0.2, 0) is 0 Å². The molecule has 4 aromatic heterocycles. The topological polar surface area (TPSA) is 36.1 Å². The lowest BCUT2D eigenvalue weighted by Gasteiger charge is -2.14. The van der Waals surface area contributed by atoms with Crippen molar-refractivity contribution in [3.05, 3.63) is 194 Å². The average molecular weight is 741 g/mol. The second kappa shape index (κ2) is 11.8. The van der Waals surface area contributed by atoms with Gasteiger partial charge in [-0.3, -0.25) is 0 Å². The Morgan fingerprint density at radius 3 is 1.19 bits per heavy atom. The Hall–Kier alpha value is -7.82. The standard InChI is InChI=1S/C54H32N2O2/c1-3-15-33(16-4-1)40-31-51-42(29-48(40)55-44-23-11-7-19-35(44)36-20-8-12-24-45(36)55)39-27-28-50-53(54(39)58-51)43-30-49(41(32-52(43)57-50)34-17-5-2-6-18-34)56-46-25-13-9-21-37(46)38-22-10-14-26-47(38)56/h1-32H. The molecule has 0 fully saturated rings. The van der Waals surface area contributed by atoms with Crippen molar-refractivity contribution in [1.82, 2.24) is 9.13 Å². The average Bonchev–Trinajstić information content (AvgIpc) is 4.03. The van der Waals surface area contributed by atoms with Gasteiger partial charge in [0.05, 0.1) is 38.8 Å². The summed E-state index contributed by atoms with van der Waals surface area (Å²) in [6, 6.07) is 69.4. The van der Waals surface area contributed by atoms with Crippen molar-refractivity contribution in [1.29, 1.82) is 0 Å². The molecule has 0 bridgehead atoms. The van der Waals surface area contributed by atoms with E-state index in [-0.39, 0.29) is 0 Å². The number of nitrogens with zero attached hydrogens (tertiary/aromatic N) is 2. The summed E-state index contributed by atoms with van der Waals surface area (Å²) in [6.45, 7) is 0. The second-order valence-electron chi connectivity index (χ2n) is 15.2. The van der Waals surface area contributed by atoms with Crippen molar-refractivity contribution in [3.63, 3.8) is 0 Å². The maximum atomic E-state index is 7.05. The molecule has 0 spiro atoms. The molecule has 0 aliphatic heterocycles. The summed E-state index contributed by atoms with van der Waals surface area (Å²) in [6.07, 6.45) is 0. The van der Waals surface area contributed by atoms with Crippen molar-refractivity contribution in [2.45, 2.75) is 0 Å². The monoisotopic (exact) mass is 740 g/mol. The van der Waals surface area contributed by atoms with E-state index in [1.54, 1.807) is 0 Å². The molecule has 4 nitrogen and oxygen atoms in total. The Morgan fingerprint density at radius 2 is 0.707 bits per heavy atom. The first-order chi connectivity index (χ1) is 28.8. The van der Waals surface area contributed by atoms with Gasteiger partial charge in [0.1, 0.15) is 22.3 Å². The molecule has 270 valence electrons. The number of benzene rings is 9. The molecule has 0 radical (unpaired) electrons. The fraction of sp³-hybridized carbons (Fsp3) is 0. The Balaban J connectivity index is 1.14. The van der Waals surface area contributed by atoms with Crippen LogP contribution < -0.4 is 0 Å². The first-order valence-electron chi connectivity index (χ1n) is 19.8. The summed E-state index contributed by atoms with van der Waals surface area (Å²) in [7, 11) is 0. The number of fused-ring (bicyclic) bond motifs is 13. The molecular weight excluding hydrogens is 709 g/mol. The zero-order chi connectivity index (χ0) is 37.9. The molecule has 0 aliphatic carbocycles. The maximum absolute atomic E-state index is 7.05. The van der Waals surface area contributed by atoms with Crippen molar-refractivity contribution in [2.24, 2.45) is 0 Å². The van der Waals surface area contributed by atoms with E-state index in [9.17, 15) is 0 Å². The number of para-hydroxylation sites is 4. The molecule has 0 unspecified atom stereocenters. The van der Waals surface area contributed by atoms with E-state index in [4.69, 9.17) is 8.83 Å². The van der Waals surface area contributed by atoms with Crippen LogP contribution >= 0.6 is 0 Å². The highest BCUT2D eigenvalue weighted by Crippen LogP contribution is 2.46. The highest BCUT2D eigenvalue weighted by atomic mass is 16.3. The summed E-state index contributed by atoms with van der Waals surface area (Å²) in [5.74, 6) is 0. The van der Waals surface area contributed by atoms with Gasteiger partial charge < -0.3 is 18.0 Å². The Kier molecular flexibility index (Phi) is 6.41. The zero-order valence-electron chi connectivity index (χ0n) is 31.2. The van der Waals surface area contributed by atoms with E-state index in [1.807, 2.05) is 0 Å². The number of rotatable bonds is 4. The van der Waals surface area contributed by atoms with Gasteiger partial charge in [0.25, 0.3) is 0 Å². The van der Waals surface area contributed by atoms with Crippen molar-refractivity contribution >= 4 is 87.5 Å². The molecule has 0 saturated carbocycles. The van der Waals surface area contributed by atoms with Gasteiger partial charge in [-0.15, -0.1) is 0 Å². The maximum Gasteiger partial charge on any atom is 0.147 e. The fourth-order valence-electron chi connectivity index (χ4n) is 9.59. The number of hydrogen-bond acceptors (Lipinski definition) is 2. The molecule has 13 rings (SSSR count). The van der Waals surface area contributed by atoms with Crippen LogP contribution in [0, 0.1) is 0 Å². The van der Waals surface area contributed by atoms with Crippen LogP contribution in [0.2, 0.25) is 0 Å². The van der Waals surface area contributed by atoms with Gasteiger partial charge in [-0.2, -0.15) is 0 Å². The first-order valence-corrected chi connectivity index (χ1v) is 19.8. The summed E-state index contributed by atoms with van der Waals surface area (Å²) in [5, 5.41) is 9.02. The van der Waals surface area contributed by atoms with Gasteiger partial charge in [-0.25, -0.2) is 0 Å². The third-order valence-corrected chi connectivity index (χ3v) is 12.1. The van der Waals surface area contributed by atoms with Gasteiger partial charge in [0.2, 0.25) is 0 Å². The lowest BCUT2D eigenvalue weighted by Crippen LogP contribution is -1.97. The summed E-state index contributed by atoms with van der Waals surface area (Å²) in [4.78, 5) is 0. The smallest absolute Gasteiger partial charge is 0.147 e. The van der Waals surface area contributed by atoms with E-state index in [0.29, 0.717) is 0 Å². The molecule has 0 atom stereocenters. The van der Waals surface area contributed by atoms with Gasteiger partial charge >= 0.3 is 0 Å². The highest BCUT2D eigenvalue weighted by molar-refractivity contribution is 6.23. The summed E-state index contributed by atoms with van der Waals surface area (Å²) < 4.78 is 18.6. The highest BCUT2D eigenvalue weighted by Gasteiger charge is 2.23. The van der Waals surface area contributed by atoms with E-state index >= 15 is 0 Å². The normalized spacial score (nSPS) is 12.1. The van der Waals surface area contributed by atoms with Crippen molar-refractivity contribution in [2.75, 3.05) is 0 Å². The molecule has 4 heterocycles.